The third kappa shape index (κ3) is 1.54. The molecule has 0 spiro atoms. The van der Waals surface area contributed by atoms with Gasteiger partial charge in [0.1, 0.15) is 0 Å². The van der Waals surface area contributed by atoms with Crippen molar-refractivity contribution < 1.29 is 0 Å². The second-order valence-corrected chi connectivity index (χ2v) is 4.85. The van der Waals surface area contributed by atoms with Crippen LogP contribution in [0.5, 0.6) is 0 Å². The number of hydrogen-bond donors (Lipinski definition) is 0. The summed E-state index contributed by atoms with van der Waals surface area (Å²) in [7, 11) is 0. The molecule has 0 amide bonds. The molecule has 0 radical (unpaired) electrons. The lowest BCUT2D eigenvalue weighted by atomic mass is 9.89. The molecule has 0 N–H and O–H groups in total. The van der Waals surface area contributed by atoms with Crippen LogP contribution in [0, 0.1) is 0 Å². The van der Waals surface area contributed by atoms with E-state index in [1.807, 2.05) is 0 Å². The van der Waals surface area contributed by atoms with E-state index in [4.69, 9.17) is 4.98 Å². The van der Waals surface area contributed by atoms with Gasteiger partial charge in [0.05, 0.1) is 10.7 Å². The van der Waals surface area contributed by atoms with Crippen LogP contribution in [0.15, 0.2) is 41.4 Å². The molecule has 16 heavy (non-hydrogen) atoms. The van der Waals surface area contributed by atoms with Crippen molar-refractivity contribution in [1.29, 1.82) is 0 Å². The minimum absolute atomic E-state index is 1.11. The molecule has 0 bridgehead atoms. The maximum absolute atomic E-state index is 4.74. The Morgan fingerprint density at radius 2 is 1.81 bits per heavy atom. The van der Waals surface area contributed by atoms with E-state index in [-0.39, 0.29) is 0 Å². The summed E-state index contributed by atoms with van der Waals surface area (Å²) in [5.41, 5.74) is 5.32. The number of nitrogens with zero attached hydrogens (tertiary/aromatic N) is 1. The molecular weight excluding hydrogens is 214 g/mol. The zero-order chi connectivity index (χ0) is 11.0. The molecule has 0 unspecified atom stereocenters. The van der Waals surface area contributed by atoms with Gasteiger partial charge in [0.25, 0.3) is 0 Å². The first-order valence-corrected chi connectivity index (χ1v) is 6.73. The van der Waals surface area contributed by atoms with Crippen LogP contribution in [-0.4, -0.2) is 11.2 Å². The molecule has 0 saturated carbocycles. The normalized spacial score (nSPS) is 13.1. The Morgan fingerprint density at radius 3 is 2.69 bits per heavy atom. The minimum atomic E-state index is 1.11. The third-order valence-electron chi connectivity index (χ3n) is 3.10. The first-order valence-electron chi connectivity index (χ1n) is 5.50. The van der Waals surface area contributed by atoms with Crippen molar-refractivity contribution in [2.75, 3.05) is 6.26 Å². The maximum atomic E-state index is 4.74. The molecule has 0 atom stereocenters. The van der Waals surface area contributed by atoms with E-state index in [9.17, 15) is 0 Å². The molecular formula is C14H13NS. The summed E-state index contributed by atoms with van der Waals surface area (Å²) < 4.78 is 0. The molecule has 0 fully saturated rings. The highest BCUT2D eigenvalue weighted by molar-refractivity contribution is 7.98. The van der Waals surface area contributed by atoms with Crippen molar-refractivity contribution in [3.05, 3.63) is 47.5 Å². The van der Waals surface area contributed by atoms with Gasteiger partial charge in [-0.05, 0) is 36.3 Å². The molecule has 3 rings (SSSR count). The third-order valence-corrected chi connectivity index (χ3v) is 3.74. The summed E-state index contributed by atoms with van der Waals surface area (Å²) >= 11 is 1.71. The van der Waals surface area contributed by atoms with Crippen LogP contribution in [0.1, 0.15) is 11.1 Å². The molecule has 1 nitrogen and oxygen atoms in total. The van der Waals surface area contributed by atoms with E-state index in [0.29, 0.717) is 0 Å². The fraction of sp³-hybridized carbons (Fsp3) is 0.214. The Labute approximate surface area is 99.9 Å². The molecule has 0 saturated heterocycles. The SMILES string of the molecule is CSc1ccc2c(n1)-c1ccccc1CC2. The molecule has 2 heteroatoms. The van der Waals surface area contributed by atoms with Crippen LogP contribution >= 0.6 is 11.8 Å². The highest BCUT2D eigenvalue weighted by Crippen LogP contribution is 2.32. The summed E-state index contributed by atoms with van der Waals surface area (Å²) in [4.78, 5) is 4.74. The van der Waals surface area contributed by atoms with Crippen molar-refractivity contribution in [3.8, 4) is 11.3 Å². The van der Waals surface area contributed by atoms with Crippen molar-refractivity contribution in [1.82, 2.24) is 4.98 Å². The predicted molar refractivity (Wildman–Crippen MR) is 68.9 cm³/mol. The Hall–Kier alpha value is -1.28. The lowest BCUT2D eigenvalue weighted by molar-refractivity contribution is 0.914. The summed E-state index contributed by atoms with van der Waals surface area (Å²) in [6.07, 6.45) is 4.33. The molecule has 80 valence electrons. The summed E-state index contributed by atoms with van der Waals surface area (Å²) in [5, 5.41) is 1.11. The standard InChI is InChI=1S/C14H13NS/c1-16-13-9-8-11-7-6-10-4-2-3-5-12(10)14(11)15-13/h2-5,8-9H,6-7H2,1H3. The van der Waals surface area contributed by atoms with E-state index in [2.05, 4.69) is 42.7 Å². The van der Waals surface area contributed by atoms with Crippen LogP contribution < -0.4 is 0 Å². The second-order valence-electron chi connectivity index (χ2n) is 4.02. The van der Waals surface area contributed by atoms with E-state index >= 15 is 0 Å². The highest BCUT2D eigenvalue weighted by atomic mass is 32.2. The number of benzene rings is 1. The molecule has 2 aromatic rings. The molecule has 1 aliphatic rings. The monoisotopic (exact) mass is 227 g/mol. The second kappa shape index (κ2) is 3.95. The average molecular weight is 227 g/mol. The van der Waals surface area contributed by atoms with Gasteiger partial charge in [0.2, 0.25) is 0 Å². The zero-order valence-electron chi connectivity index (χ0n) is 9.23. The number of hydrogen-bond acceptors (Lipinski definition) is 2. The Kier molecular flexibility index (Phi) is 2.44. The summed E-state index contributed by atoms with van der Waals surface area (Å²) in [6, 6.07) is 13.0. The zero-order valence-corrected chi connectivity index (χ0v) is 10.1. The largest absolute Gasteiger partial charge is 0.241 e. The van der Waals surface area contributed by atoms with Gasteiger partial charge in [-0.3, -0.25) is 0 Å². The number of fused-ring (bicyclic) bond motifs is 3. The van der Waals surface area contributed by atoms with E-state index in [1.54, 1.807) is 11.8 Å². The number of aryl methyl sites for hydroxylation is 2. The van der Waals surface area contributed by atoms with Crippen LogP contribution in [0.4, 0.5) is 0 Å². The van der Waals surface area contributed by atoms with Crippen LogP contribution in [0.25, 0.3) is 11.3 Å². The van der Waals surface area contributed by atoms with Crippen molar-refractivity contribution in [2.24, 2.45) is 0 Å². The minimum Gasteiger partial charge on any atom is -0.241 e. The van der Waals surface area contributed by atoms with Crippen molar-refractivity contribution in [3.63, 3.8) is 0 Å². The van der Waals surface area contributed by atoms with Gasteiger partial charge in [-0.25, -0.2) is 4.98 Å². The Bertz CT molecular complexity index is 534. The van der Waals surface area contributed by atoms with E-state index < -0.39 is 0 Å². The first-order chi connectivity index (χ1) is 7.88. The first kappa shape index (κ1) is 9.91. The molecule has 1 aliphatic carbocycles. The maximum Gasteiger partial charge on any atom is 0.0964 e. The van der Waals surface area contributed by atoms with Gasteiger partial charge < -0.3 is 0 Å². The Balaban J connectivity index is 2.22. The van der Waals surface area contributed by atoms with E-state index in [0.717, 1.165) is 17.9 Å². The Morgan fingerprint density at radius 1 is 1.00 bits per heavy atom. The fourth-order valence-electron chi connectivity index (χ4n) is 2.26. The number of pyridine rings is 1. The summed E-state index contributed by atoms with van der Waals surface area (Å²) in [6.45, 7) is 0. The average Bonchev–Trinajstić information content (AvgIpc) is 2.38. The van der Waals surface area contributed by atoms with Gasteiger partial charge >= 0.3 is 0 Å². The van der Waals surface area contributed by atoms with Gasteiger partial charge in [-0.1, -0.05) is 30.3 Å². The fourth-order valence-corrected chi connectivity index (χ4v) is 2.64. The molecule has 1 heterocycles. The van der Waals surface area contributed by atoms with E-state index in [1.165, 1.54) is 22.4 Å². The van der Waals surface area contributed by atoms with Crippen molar-refractivity contribution in [2.45, 2.75) is 17.9 Å². The van der Waals surface area contributed by atoms with Gasteiger partial charge in [-0.2, -0.15) is 0 Å². The van der Waals surface area contributed by atoms with Crippen LogP contribution in [0.3, 0.4) is 0 Å². The van der Waals surface area contributed by atoms with Gasteiger partial charge in [-0.15, -0.1) is 11.8 Å². The highest BCUT2D eigenvalue weighted by Gasteiger charge is 2.16. The smallest absolute Gasteiger partial charge is 0.0964 e. The lowest BCUT2D eigenvalue weighted by Crippen LogP contribution is -2.05. The van der Waals surface area contributed by atoms with Crippen molar-refractivity contribution >= 4 is 11.8 Å². The topological polar surface area (TPSA) is 12.9 Å². The van der Waals surface area contributed by atoms with Crippen LogP contribution in [0.2, 0.25) is 0 Å². The predicted octanol–water partition coefficient (Wildman–Crippen LogP) is 3.57. The molecule has 1 aromatic carbocycles. The molecule has 0 aliphatic heterocycles. The summed E-state index contributed by atoms with van der Waals surface area (Å²) in [5.74, 6) is 0. The quantitative estimate of drug-likeness (QED) is 0.691. The van der Waals surface area contributed by atoms with Crippen LogP contribution in [-0.2, 0) is 12.8 Å². The molecule has 1 aromatic heterocycles. The van der Waals surface area contributed by atoms with Gasteiger partial charge in [0.15, 0.2) is 0 Å². The number of aromatic nitrogens is 1. The number of thioether (sulfide) groups is 1. The lowest BCUT2D eigenvalue weighted by Gasteiger charge is -2.18. The van der Waals surface area contributed by atoms with Gasteiger partial charge in [0, 0.05) is 5.56 Å². The number of rotatable bonds is 1.